The Morgan fingerprint density at radius 1 is 1.16 bits per heavy atom. The minimum atomic E-state index is -0.0432. The van der Waals surface area contributed by atoms with Crippen LogP contribution in [0.5, 0.6) is 0 Å². The number of carbonyl (C=O) groups is 1. The van der Waals surface area contributed by atoms with Gasteiger partial charge in [-0.25, -0.2) is 9.97 Å². The summed E-state index contributed by atoms with van der Waals surface area (Å²) in [6, 6.07) is 8.09. The van der Waals surface area contributed by atoms with E-state index in [2.05, 4.69) is 32.3 Å². The number of anilines is 1. The summed E-state index contributed by atoms with van der Waals surface area (Å²) >= 11 is 0. The third kappa shape index (κ3) is 3.85. The molecule has 1 amide bonds. The van der Waals surface area contributed by atoms with Crippen molar-refractivity contribution >= 4 is 22.5 Å². The van der Waals surface area contributed by atoms with E-state index >= 15 is 0 Å². The molecule has 0 atom stereocenters. The van der Waals surface area contributed by atoms with Crippen LogP contribution in [-0.2, 0) is 11.8 Å². The number of imidazole rings is 1. The summed E-state index contributed by atoms with van der Waals surface area (Å²) in [6.07, 6.45) is 5.41. The predicted octanol–water partition coefficient (Wildman–Crippen LogP) is 2.92. The van der Waals surface area contributed by atoms with Gasteiger partial charge in [0.2, 0.25) is 5.91 Å². The number of nitrogens with one attached hydrogen (secondary N) is 1. The molecule has 25 heavy (non-hydrogen) atoms. The fourth-order valence-corrected chi connectivity index (χ4v) is 2.84. The first kappa shape index (κ1) is 17.1. The van der Waals surface area contributed by atoms with Crippen LogP contribution in [0.25, 0.3) is 22.0 Å². The number of amides is 1. The van der Waals surface area contributed by atoms with Crippen molar-refractivity contribution in [2.75, 3.05) is 25.0 Å². The molecule has 0 spiro atoms. The summed E-state index contributed by atoms with van der Waals surface area (Å²) in [6.45, 7) is 6.17. The number of aryl methyl sites for hydroxylation is 1. The van der Waals surface area contributed by atoms with Crippen molar-refractivity contribution in [1.29, 1.82) is 0 Å². The number of fused-ring (bicyclic) bond motifs is 1. The van der Waals surface area contributed by atoms with E-state index in [4.69, 9.17) is 0 Å². The first-order chi connectivity index (χ1) is 12.1. The molecule has 0 saturated carbocycles. The lowest BCUT2D eigenvalue weighted by Crippen LogP contribution is -2.33. The lowest BCUT2D eigenvalue weighted by atomic mass is 10.1. The highest BCUT2D eigenvalue weighted by Gasteiger charge is 2.09. The van der Waals surface area contributed by atoms with E-state index in [1.165, 1.54) is 0 Å². The van der Waals surface area contributed by atoms with Crippen LogP contribution >= 0.6 is 0 Å². The predicted molar refractivity (Wildman–Crippen MR) is 100 cm³/mol. The Labute approximate surface area is 147 Å². The summed E-state index contributed by atoms with van der Waals surface area (Å²) in [5.41, 5.74) is 2.13. The molecule has 2 aromatic heterocycles. The van der Waals surface area contributed by atoms with Crippen molar-refractivity contribution in [2.45, 2.75) is 13.8 Å². The van der Waals surface area contributed by atoms with Crippen molar-refractivity contribution in [3.63, 3.8) is 0 Å². The van der Waals surface area contributed by atoms with Gasteiger partial charge in [0.15, 0.2) is 0 Å². The minimum Gasteiger partial charge on any atom is -0.334 e. The maximum Gasteiger partial charge on any atom is 0.239 e. The Morgan fingerprint density at radius 2 is 1.96 bits per heavy atom. The van der Waals surface area contributed by atoms with Gasteiger partial charge in [-0.05, 0) is 30.6 Å². The summed E-state index contributed by atoms with van der Waals surface area (Å²) in [4.78, 5) is 22.8. The summed E-state index contributed by atoms with van der Waals surface area (Å²) in [7, 11) is 1.97. The Morgan fingerprint density at radius 3 is 2.64 bits per heavy atom. The van der Waals surface area contributed by atoms with E-state index in [0.29, 0.717) is 12.4 Å². The van der Waals surface area contributed by atoms with Crippen molar-refractivity contribution in [2.24, 2.45) is 7.05 Å². The molecule has 0 aliphatic carbocycles. The molecular weight excluding hydrogens is 314 g/mol. The van der Waals surface area contributed by atoms with Gasteiger partial charge < -0.3 is 9.88 Å². The second-order valence-corrected chi connectivity index (χ2v) is 6.03. The highest BCUT2D eigenvalue weighted by atomic mass is 16.2. The van der Waals surface area contributed by atoms with Crippen LogP contribution < -0.4 is 5.32 Å². The molecule has 0 unspecified atom stereocenters. The van der Waals surface area contributed by atoms with E-state index in [0.717, 1.165) is 35.1 Å². The average molecular weight is 337 g/mol. The lowest BCUT2D eigenvalue weighted by molar-refractivity contribution is -0.117. The van der Waals surface area contributed by atoms with E-state index < -0.39 is 0 Å². The van der Waals surface area contributed by atoms with Crippen LogP contribution in [0.1, 0.15) is 13.8 Å². The highest BCUT2D eigenvalue weighted by molar-refractivity contribution is 5.94. The second-order valence-electron chi connectivity index (χ2n) is 6.03. The Kier molecular flexibility index (Phi) is 5.09. The molecule has 6 nitrogen and oxygen atoms in total. The fourth-order valence-electron chi connectivity index (χ4n) is 2.84. The largest absolute Gasteiger partial charge is 0.334 e. The quantitative estimate of drug-likeness (QED) is 0.751. The maximum atomic E-state index is 12.2. The van der Waals surface area contributed by atoms with Crippen LogP contribution in [-0.4, -0.2) is 45.0 Å². The molecule has 6 heteroatoms. The summed E-state index contributed by atoms with van der Waals surface area (Å²) in [5.74, 6) is 0.533. The van der Waals surface area contributed by atoms with Crippen LogP contribution in [0.2, 0.25) is 0 Å². The van der Waals surface area contributed by atoms with Gasteiger partial charge in [-0.15, -0.1) is 0 Å². The molecule has 0 bridgehead atoms. The summed E-state index contributed by atoms with van der Waals surface area (Å²) in [5, 5.41) is 4.96. The maximum absolute atomic E-state index is 12.2. The first-order valence-corrected chi connectivity index (χ1v) is 8.49. The number of pyridine rings is 1. The third-order valence-corrected chi connectivity index (χ3v) is 4.36. The van der Waals surface area contributed by atoms with E-state index in [1.807, 2.05) is 43.8 Å². The molecule has 2 heterocycles. The van der Waals surface area contributed by atoms with Gasteiger partial charge in [0.1, 0.15) is 5.82 Å². The van der Waals surface area contributed by atoms with Crippen LogP contribution in [0.15, 0.2) is 43.0 Å². The zero-order valence-corrected chi connectivity index (χ0v) is 14.9. The number of benzene rings is 1. The van der Waals surface area contributed by atoms with Gasteiger partial charge in [0.25, 0.3) is 0 Å². The molecule has 0 fully saturated rings. The van der Waals surface area contributed by atoms with Crippen molar-refractivity contribution < 1.29 is 4.79 Å². The molecule has 3 aromatic rings. The van der Waals surface area contributed by atoms with E-state index in [9.17, 15) is 4.79 Å². The Bertz CT molecular complexity index is 882. The highest BCUT2D eigenvalue weighted by Crippen LogP contribution is 2.25. The molecule has 0 aliphatic heterocycles. The van der Waals surface area contributed by atoms with Crippen LogP contribution in [0.3, 0.4) is 0 Å². The van der Waals surface area contributed by atoms with E-state index in [-0.39, 0.29) is 5.91 Å². The van der Waals surface area contributed by atoms with Gasteiger partial charge in [-0.3, -0.25) is 9.69 Å². The van der Waals surface area contributed by atoms with Gasteiger partial charge in [-0.2, -0.15) is 0 Å². The second kappa shape index (κ2) is 7.44. The first-order valence-electron chi connectivity index (χ1n) is 8.49. The van der Waals surface area contributed by atoms with Gasteiger partial charge >= 0.3 is 0 Å². The molecule has 0 radical (unpaired) electrons. The fraction of sp³-hybridized carbons (Fsp3) is 0.316. The molecular formula is C19H23N5O. The number of hydrogen-bond donors (Lipinski definition) is 1. The number of aromatic nitrogens is 3. The lowest BCUT2D eigenvalue weighted by Gasteiger charge is -2.17. The normalized spacial score (nSPS) is 11.2. The topological polar surface area (TPSA) is 63.1 Å². The third-order valence-electron chi connectivity index (χ3n) is 4.36. The van der Waals surface area contributed by atoms with E-state index in [1.54, 1.807) is 12.5 Å². The summed E-state index contributed by atoms with van der Waals surface area (Å²) < 4.78 is 1.98. The zero-order chi connectivity index (χ0) is 17.8. The molecule has 0 saturated heterocycles. The van der Waals surface area contributed by atoms with Gasteiger partial charge in [0.05, 0.1) is 24.8 Å². The molecule has 130 valence electrons. The number of rotatable bonds is 6. The molecule has 0 aliphatic rings. The SMILES string of the molecule is CCN(CC)CC(=O)Nc1cc2cc(-c3cncn3C)ccc2cn1. The standard InChI is InChI=1S/C19H23N5O/c1-4-24(5-2)12-19(25)22-18-9-16-8-14(6-7-15(16)10-21-18)17-11-20-13-23(17)3/h6-11,13H,4-5,12H2,1-3H3,(H,21,22,25). The van der Waals surface area contributed by atoms with Crippen molar-refractivity contribution in [3.05, 3.63) is 43.0 Å². The molecule has 3 rings (SSSR count). The van der Waals surface area contributed by atoms with Crippen molar-refractivity contribution in [3.8, 4) is 11.3 Å². The van der Waals surface area contributed by atoms with Crippen molar-refractivity contribution in [1.82, 2.24) is 19.4 Å². The molecule has 1 N–H and O–H groups in total. The number of likely N-dealkylation sites (N-methyl/N-ethyl adjacent to an activating group) is 1. The number of hydrogen-bond acceptors (Lipinski definition) is 4. The van der Waals surface area contributed by atoms with Gasteiger partial charge in [0, 0.05) is 24.2 Å². The number of nitrogens with zero attached hydrogens (tertiary/aromatic N) is 4. The van der Waals surface area contributed by atoms with Crippen LogP contribution in [0.4, 0.5) is 5.82 Å². The number of carbonyl (C=O) groups excluding carboxylic acids is 1. The monoisotopic (exact) mass is 337 g/mol. The Hall–Kier alpha value is -2.73. The van der Waals surface area contributed by atoms with Crippen LogP contribution in [0, 0.1) is 0 Å². The zero-order valence-electron chi connectivity index (χ0n) is 14.9. The minimum absolute atomic E-state index is 0.0432. The average Bonchev–Trinajstić information content (AvgIpc) is 3.05. The molecule has 1 aromatic carbocycles. The van der Waals surface area contributed by atoms with Gasteiger partial charge in [-0.1, -0.05) is 26.0 Å². The smallest absolute Gasteiger partial charge is 0.239 e. The Balaban J connectivity index is 1.83.